The van der Waals surface area contributed by atoms with E-state index >= 15 is 0 Å². The Morgan fingerprint density at radius 2 is 2.42 bits per heavy atom. The number of anilines is 1. The van der Waals surface area contributed by atoms with Crippen LogP contribution < -0.4 is 5.73 Å². The molecular weight excluding hydrogens is 288 g/mol. The van der Waals surface area contributed by atoms with Crippen LogP contribution in [0.4, 0.5) is 5.82 Å². The maximum atomic E-state index is 12.6. The Labute approximate surface area is 114 Å². The van der Waals surface area contributed by atoms with Gasteiger partial charge in [-0.25, -0.2) is 13.4 Å². The zero-order valence-corrected chi connectivity index (χ0v) is 11.9. The lowest BCUT2D eigenvalue weighted by Gasteiger charge is -2.22. The number of nitrogen functional groups attached to an aromatic ring is 1. The van der Waals surface area contributed by atoms with Crippen molar-refractivity contribution in [3.8, 4) is 0 Å². The number of rotatable bonds is 3. The summed E-state index contributed by atoms with van der Waals surface area (Å²) in [5.74, 6) is 0.0395. The molecule has 19 heavy (non-hydrogen) atoms. The van der Waals surface area contributed by atoms with Gasteiger partial charge in [-0.15, -0.1) is 11.3 Å². The number of ether oxygens (including phenoxy) is 1. The van der Waals surface area contributed by atoms with Gasteiger partial charge in [0, 0.05) is 25.2 Å². The normalized spacial score (nSPS) is 20.6. The maximum Gasteiger partial charge on any atom is 0.262 e. The molecule has 0 saturated carbocycles. The van der Waals surface area contributed by atoms with E-state index in [1.165, 1.54) is 20.0 Å². The van der Waals surface area contributed by atoms with Crippen molar-refractivity contribution in [2.45, 2.75) is 17.5 Å². The molecule has 0 amide bonds. The van der Waals surface area contributed by atoms with Gasteiger partial charge >= 0.3 is 0 Å². The lowest BCUT2D eigenvalue weighted by atomic mass is 10.3. The molecule has 104 valence electrons. The first-order chi connectivity index (χ1) is 9.01. The molecule has 1 unspecified atom stereocenters. The number of imidazole rings is 1. The van der Waals surface area contributed by atoms with Crippen molar-refractivity contribution >= 4 is 32.1 Å². The SMILES string of the molecule is CN(C1CCOC1)S(=O)(=O)c1c(N)nc2sccn12. The fourth-order valence-corrected chi connectivity index (χ4v) is 4.50. The molecule has 2 N–H and O–H groups in total. The Hall–Kier alpha value is -1.16. The summed E-state index contributed by atoms with van der Waals surface area (Å²) in [7, 11) is -2.12. The standard InChI is InChI=1S/C10H14N4O3S2/c1-13(7-2-4-17-6-7)19(15,16)9-8(11)12-10-14(9)3-5-18-10/h3,5,7H,2,4,6,11H2,1H3. The molecule has 1 aliphatic rings. The van der Waals surface area contributed by atoms with Crippen LogP contribution >= 0.6 is 11.3 Å². The van der Waals surface area contributed by atoms with Gasteiger partial charge in [0.05, 0.1) is 12.6 Å². The highest BCUT2D eigenvalue weighted by atomic mass is 32.2. The largest absolute Gasteiger partial charge is 0.381 e. The molecule has 0 radical (unpaired) electrons. The molecule has 2 aromatic heterocycles. The van der Waals surface area contributed by atoms with E-state index in [0.29, 0.717) is 24.6 Å². The van der Waals surface area contributed by atoms with Gasteiger partial charge in [0.1, 0.15) is 0 Å². The van der Waals surface area contributed by atoms with Crippen LogP contribution in [0.3, 0.4) is 0 Å². The topological polar surface area (TPSA) is 89.9 Å². The molecule has 3 rings (SSSR count). The molecule has 0 aromatic carbocycles. The van der Waals surface area contributed by atoms with E-state index in [-0.39, 0.29) is 16.9 Å². The number of hydrogen-bond acceptors (Lipinski definition) is 6. The van der Waals surface area contributed by atoms with Crippen molar-refractivity contribution in [3.05, 3.63) is 11.6 Å². The van der Waals surface area contributed by atoms with E-state index in [9.17, 15) is 8.42 Å². The summed E-state index contributed by atoms with van der Waals surface area (Å²) in [4.78, 5) is 4.65. The van der Waals surface area contributed by atoms with Crippen LogP contribution in [0.2, 0.25) is 0 Å². The first-order valence-corrected chi connectivity index (χ1v) is 8.10. The van der Waals surface area contributed by atoms with Gasteiger partial charge < -0.3 is 10.5 Å². The number of sulfonamides is 1. The highest BCUT2D eigenvalue weighted by molar-refractivity contribution is 7.89. The van der Waals surface area contributed by atoms with Gasteiger partial charge in [0.2, 0.25) is 0 Å². The van der Waals surface area contributed by atoms with Crippen LogP contribution in [0, 0.1) is 0 Å². The van der Waals surface area contributed by atoms with E-state index in [1.54, 1.807) is 18.6 Å². The average molecular weight is 302 g/mol. The molecule has 3 heterocycles. The van der Waals surface area contributed by atoms with E-state index in [1.807, 2.05) is 0 Å². The molecule has 7 nitrogen and oxygen atoms in total. The first kappa shape index (κ1) is 12.9. The minimum absolute atomic E-state index is 0.0395. The number of nitrogens with zero attached hydrogens (tertiary/aromatic N) is 3. The Bertz CT molecular complexity index is 699. The number of hydrogen-bond donors (Lipinski definition) is 1. The average Bonchev–Trinajstić information content (AvgIpc) is 3.01. The first-order valence-electron chi connectivity index (χ1n) is 5.78. The second-order valence-electron chi connectivity index (χ2n) is 4.40. The summed E-state index contributed by atoms with van der Waals surface area (Å²) in [5.41, 5.74) is 5.76. The van der Waals surface area contributed by atoms with Gasteiger partial charge in [-0.2, -0.15) is 4.31 Å². The van der Waals surface area contributed by atoms with Crippen molar-refractivity contribution < 1.29 is 13.2 Å². The number of nitrogens with two attached hydrogens (primary N) is 1. The van der Waals surface area contributed by atoms with Crippen molar-refractivity contribution in [1.82, 2.24) is 13.7 Å². The molecule has 2 aromatic rings. The van der Waals surface area contributed by atoms with E-state index in [0.717, 1.165) is 0 Å². The van der Waals surface area contributed by atoms with Crippen LogP contribution in [0.15, 0.2) is 16.6 Å². The van der Waals surface area contributed by atoms with Crippen LogP contribution in [0.1, 0.15) is 6.42 Å². The zero-order valence-electron chi connectivity index (χ0n) is 10.3. The molecule has 0 aliphatic carbocycles. The Morgan fingerprint density at radius 3 is 3.11 bits per heavy atom. The molecule has 0 spiro atoms. The predicted molar refractivity (Wildman–Crippen MR) is 71.7 cm³/mol. The fraction of sp³-hybridized carbons (Fsp3) is 0.500. The highest BCUT2D eigenvalue weighted by Crippen LogP contribution is 2.27. The lowest BCUT2D eigenvalue weighted by Crippen LogP contribution is -2.38. The lowest BCUT2D eigenvalue weighted by molar-refractivity contribution is 0.180. The Balaban J connectivity index is 2.08. The van der Waals surface area contributed by atoms with Gasteiger partial charge in [-0.05, 0) is 6.42 Å². The monoisotopic (exact) mass is 302 g/mol. The molecule has 1 atom stereocenters. The quantitative estimate of drug-likeness (QED) is 0.885. The van der Waals surface area contributed by atoms with E-state index in [4.69, 9.17) is 10.5 Å². The van der Waals surface area contributed by atoms with Gasteiger partial charge in [0.15, 0.2) is 15.8 Å². The minimum atomic E-state index is -3.67. The number of likely N-dealkylation sites (N-methyl/N-ethyl adjacent to an activating group) is 1. The van der Waals surface area contributed by atoms with E-state index < -0.39 is 10.0 Å². The fourth-order valence-electron chi connectivity index (χ4n) is 2.18. The van der Waals surface area contributed by atoms with Crippen molar-refractivity contribution in [1.29, 1.82) is 0 Å². The number of thiazole rings is 1. The maximum absolute atomic E-state index is 12.6. The summed E-state index contributed by atoms with van der Waals surface area (Å²) in [6.07, 6.45) is 2.36. The zero-order chi connectivity index (χ0) is 13.6. The third-order valence-corrected chi connectivity index (χ3v) is 5.99. The third kappa shape index (κ3) is 1.93. The van der Waals surface area contributed by atoms with Crippen LogP contribution in [0.5, 0.6) is 0 Å². The predicted octanol–water partition coefficient (Wildman–Crippen LogP) is 0.387. The second-order valence-corrected chi connectivity index (χ2v) is 7.18. The Kier molecular flexibility index (Phi) is 3.01. The summed E-state index contributed by atoms with van der Waals surface area (Å²) >= 11 is 1.35. The summed E-state index contributed by atoms with van der Waals surface area (Å²) in [6, 6.07) is -0.145. The van der Waals surface area contributed by atoms with Crippen molar-refractivity contribution in [2.75, 3.05) is 26.0 Å². The molecule has 1 aliphatic heterocycles. The number of fused-ring (bicyclic) bond motifs is 1. The van der Waals surface area contributed by atoms with Gasteiger partial charge in [-0.1, -0.05) is 0 Å². The third-order valence-electron chi connectivity index (χ3n) is 3.29. The summed E-state index contributed by atoms with van der Waals surface area (Å²) in [5, 5.41) is 1.82. The molecule has 9 heteroatoms. The molecule has 1 saturated heterocycles. The summed E-state index contributed by atoms with van der Waals surface area (Å²) < 4.78 is 33.4. The van der Waals surface area contributed by atoms with Gasteiger partial charge in [-0.3, -0.25) is 4.40 Å². The molecule has 0 bridgehead atoms. The second kappa shape index (κ2) is 4.44. The highest BCUT2D eigenvalue weighted by Gasteiger charge is 2.34. The van der Waals surface area contributed by atoms with Crippen LogP contribution in [0.25, 0.3) is 4.96 Å². The Morgan fingerprint density at radius 1 is 1.63 bits per heavy atom. The smallest absolute Gasteiger partial charge is 0.262 e. The van der Waals surface area contributed by atoms with Crippen LogP contribution in [-0.2, 0) is 14.8 Å². The van der Waals surface area contributed by atoms with Crippen molar-refractivity contribution in [2.24, 2.45) is 0 Å². The van der Waals surface area contributed by atoms with E-state index in [2.05, 4.69) is 4.98 Å². The van der Waals surface area contributed by atoms with Crippen molar-refractivity contribution in [3.63, 3.8) is 0 Å². The van der Waals surface area contributed by atoms with Crippen LogP contribution in [-0.4, -0.2) is 48.4 Å². The molecule has 1 fully saturated rings. The number of aromatic nitrogens is 2. The molecular formula is C10H14N4O3S2. The minimum Gasteiger partial charge on any atom is -0.381 e. The summed E-state index contributed by atoms with van der Waals surface area (Å²) in [6.45, 7) is 1.00. The van der Waals surface area contributed by atoms with Gasteiger partial charge in [0.25, 0.3) is 10.0 Å².